The van der Waals surface area contributed by atoms with E-state index in [1.54, 1.807) is 6.92 Å². The molecule has 0 aliphatic heterocycles. The molecule has 0 bridgehead atoms. The molecule has 0 radical (unpaired) electrons. The zero-order chi connectivity index (χ0) is 10.3. The lowest BCUT2D eigenvalue weighted by atomic mass is 10.3. The quantitative estimate of drug-likeness (QED) is 0.624. The SMILES string of the molecule is Cc1cc(F)cn2c(=O)cc(Cl)nc12. The van der Waals surface area contributed by atoms with Gasteiger partial charge in [-0.25, -0.2) is 9.37 Å². The van der Waals surface area contributed by atoms with Gasteiger partial charge in [0.2, 0.25) is 0 Å². The first kappa shape index (κ1) is 9.15. The minimum absolute atomic E-state index is 0.115. The van der Waals surface area contributed by atoms with E-state index < -0.39 is 5.82 Å². The molecule has 0 aliphatic rings. The first-order valence-electron chi connectivity index (χ1n) is 3.93. The van der Waals surface area contributed by atoms with Crippen LogP contribution in [0.2, 0.25) is 5.15 Å². The summed E-state index contributed by atoms with van der Waals surface area (Å²) in [6, 6.07) is 2.45. The number of fused-ring (bicyclic) bond motifs is 1. The average Bonchev–Trinajstić information content (AvgIpc) is 2.07. The van der Waals surface area contributed by atoms with E-state index >= 15 is 0 Å². The smallest absolute Gasteiger partial charge is 0.259 e. The summed E-state index contributed by atoms with van der Waals surface area (Å²) >= 11 is 5.62. The van der Waals surface area contributed by atoms with Crippen molar-refractivity contribution in [3.05, 3.63) is 45.2 Å². The molecule has 5 heteroatoms. The molecule has 0 unspecified atom stereocenters. The third-order valence-electron chi connectivity index (χ3n) is 1.88. The number of hydrogen-bond donors (Lipinski definition) is 0. The second kappa shape index (κ2) is 3.06. The maximum Gasteiger partial charge on any atom is 0.259 e. The van der Waals surface area contributed by atoms with Crippen molar-refractivity contribution in [1.82, 2.24) is 9.38 Å². The standard InChI is InChI=1S/C9H6ClFN2O/c1-5-2-6(11)4-13-8(14)3-7(10)12-9(5)13/h2-4H,1H3. The zero-order valence-corrected chi connectivity index (χ0v) is 8.05. The largest absolute Gasteiger partial charge is 0.269 e. The van der Waals surface area contributed by atoms with Crippen LogP contribution in [0.5, 0.6) is 0 Å². The van der Waals surface area contributed by atoms with E-state index in [1.807, 2.05) is 0 Å². The normalized spacial score (nSPS) is 10.8. The van der Waals surface area contributed by atoms with Crippen molar-refractivity contribution in [1.29, 1.82) is 0 Å². The molecular formula is C9H6ClFN2O. The summed E-state index contributed by atoms with van der Waals surface area (Å²) < 4.78 is 14.1. The number of halogens is 2. The van der Waals surface area contributed by atoms with Gasteiger partial charge in [-0.15, -0.1) is 0 Å². The average molecular weight is 213 g/mol. The number of pyridine rings is 1. The fraction of sp³-hybridized carbons (Fsp3) is 0.111. The first-order chi connectivity index (χ1) is 6.58. The van der Waals surface area contributed by atoms with Crippen molar-refractivity contribution < 1.29 is 4.39 Å². The van der Waals surface area contributed by atoms with Gasteiger partial charge in [-0.3, -0.25) is 9.20 Å². The Bertz CT molecular complexity index is 564. The molecule has 0 spiro atoms. The molecule has 2 heterocycles. The van der Waals surface area contributed by atoms with Crippen molar-refractivity contribution >= 4 is 17.2 Å². The Balaban J connectivity index is 3.02. The summed E-state index contributed by atoms with van der Waals surface area (Å²) in [7, 11) is 0. The lowest BCUT2D eigenvalue weighted by Crippen LogP contribution is -2.14. The van der Waals surface area contributed by atoms with E-state index in [-0.39, 0.29) is 10.7 Å². The van der Waals surface area contributed by atoms with Crippen molar-refractivity contribution in [3.8, 4) is 0 Å². The summed E-state index contributed by atoms with van der Waals surface area (Å²) in [6.07, 6.45) is 1.09. The molecule has 0 fully saturated rings. The Morgan fingerprint density at radius 2 is 2.21 bits per heavy atom. The predicted molar refractivity (Wildman–Crippen MR) is 51.2 cm³/mol. The van der Waals surface area contributed by atoms with Gasteiger partial charge in [-0.1, -0.05) is 11.6 Å². The molecule has 0 saturated heterocycles. The van der Waals surface area contributed by atoms with Gasteiger partial charge < -0.3 is 0 Å². The lowest BCUT2D eigenvalue weighted by molar-refractivity contribution is 0.616. The van der Waals surface area contributed by atoms with Crippen LogP contribution in [0.15, 0.2) is 23.1 Å². The van der Waals surface area contributed by atoms with Gasteiger partial charge in [0.25, 0.3) is 5.56 Å². The maximum atomic E-state index is 13.0. The highest BCUT2D eigenvalue weighted by atomic mass is 35.5. The van der Waals surface area contributed by atoms with Crippen LogP contribution in [0, 0.1) is 12.7 Å². The Labute approximate surface area is 83.8 Å². The highest BCUT2D eigenvalue weighted by Gasteiger charge is 2.04. The molecular weight excluding hydrogens is 207 g/mol. The van der Waals surface area contributed by atoms with Crippen LogP contribution in [0.1, 0.15) is 5.56 Å². The summed E-state index contributed by atoms with van der Waals surface area (Å²) in [6.45, 7) is 1.67. The minimum Gasteiger partial charge on any atom is -0.269 e. The van der Waals surface area contributed by atoms with Gasteiger partial charge in [0.1, 0.15) is 16.6 Å². The van der Waals surface area contributed by atoms with Crippen molar-refractivity contribution in [2.45, 2.75) is 6.92 Å². The Morgan fingerprint density at radius 3 is 2.93 bits per heavy atom. The molecule has 0 amide bonds. The molecule has 0 N–H and O–H groups in total. The van der Waals surface area contributed by atoms with Gasteiger partial charge in [0.05, 0.1) is 0 Å². The van der Waals surface area contributed by atoms with Crippen LogP contribution in [0.3, 0.4) is 0 Å². The van der Waals surface area contributed by atoms with Crippen LogP contribution in [0.4, 0.5) is 4.39 Å². The van der Waals surface area contributed by atoms with Crippen molar-refractivity contribution in [2.75, 3.05) is 0 Å². The van der Waals surface area contributed by atoms with Gasteiger partial charge in [-0.2, -0.15) is 0 Å². The summed E-state index contributed by atoms with van der Waals surface area (Å²) in [5, 5.41) is 0.115. The van der Waals surface area contributed by atoms with Crippen LogP contribution in [-0.2, 0) is 0 Å². The third-order valence-corrected chi connectivity index (χ3v) is 2.07. The monoisotopic (exact) mass is 212 g/mol. The number of hydrogen-bond acceptors (Lipinski definition) is 2. The third kappa shape index (κ3) is 1.37. The molecule has 2 aromatic rings. The zero-order valence-electron chi connectivity index (χ0n) is 7.29. The highest BCUT2D eigenvalue weighted by Crippen LogP contribution is 2.10. The predicted octanol–water partition coefficient (Wildman–Crippen LogP) is 1.80. The van der Waals surface area contributed by atoms with Crippen molar-refractivity contribution in [3.63, 3.8) is 0 Å². The molecule has 2 aromatic heterocycles. The van der Waals surface area contributed by atoms with Crippen LogP contribution in [-0.4, -0.2) is 9.38 Å². The number of aryl methyl sites for hydroxylation is 1. The molecule has 14 heavy (non-hydrogen) atoms. The Morgan fingerprint density at radius 1 is 1.50 bits per heavy atom. The molecule has 0 aromatic carbocycles. The summed E-state index contributed by atoms with van der Waals surface area (Å²) in [4.78, 5) is 15.3. The molecule has 0 saturated carbocycles. The molecule has 0 atom stereocenters. The number of nitrogens with zero attached hydrogens (tertiary/aromatic N) is 2. The fourth-order valence-electron chi connectivity index (χ4n) is 1.30. The topological polar surface area (TPSA) is 34.4 Å². The van der Waals surface area contributed by atoms with E-state index in [0.717, 1.165) is 16.7 Å². The summed E-state index contributed by atoms with van der Waals surface area (Å²) in [5.74, 6) is -0.471. The maximum absolute atomic E-state index is 13.0. The van der Waals surface area contributed by atoms with Crippen LogP contribution < -0.4 is 5.56 Å². The van der Waals surface area contributed by atoms with Crippen LogP contribution in [0.25, 0.3) is 5.65 Å². The number of rotatable bonds is 0. The van der Waals surface area contributed by atoms with E-state index in [2.05, 4.69) is 4.98 Å². The van der Waals surface area contributed by atoms with E-state index in [9.17, 15) is 9.18 Å². The van der Waals surface area contributed by atoms with E-state index in [0.29, 0.717) is 11.2 Å². The Kier molecular flexibility index (Phi) is 2.00. The first-order valence-corrected chi connectivity index (χ1v) is 4.31. The molecule has 3 nitrogen and oxygen atoms in total. The van der Waals surface area contributed by atoms with Gasteiger partial charge in [0.15, 0.2) is 0 Å². The number of aromatic nitrogens is 2. The molecule has 2 rings (SSSR count). The fourth-order valence-corrected chi connectivity index (χ4v) is 1.47. The molecule has 72 valence electrons. The molecule has 0 aliphatic carbocycles. The minimum atomic E-state index is -0.471. The second-order valence-electron chi connectivity index (χ2n) is 2.95. The summed E-state index contributed by atoms with van der Waals surface area (Å²) in [5.41, 5.74) is 0.566. The second-order valence-corrected chi connectivity index (χ2v) is 3.34. The van der Waals surface area contributed by atoms with Crippen molar-refractivity contribution in [2.24, 2.45) is 0 Å². The van der Waals surface area contributed by atoms with Gasteiger partial charge in [-0.05, 0) is 18.6 Å². The van der Waals surface area contributed by atoms with Crippen LogP contribution >= 0.6 is 11.6 Å². The van der Waals surface area contributed by atoms with E-state index in [1.165, 1.54) is 6.07 Å². The lowest BCUT2D eigenvalue weighted by Gasteiger charge is -2.03. The van der Waals surface area contributed by atoms with Gasteiger partial charge in [0, 0.05) is 12.3 Å². The van der Waals surface area contributed by atoms with Gasteiger partial charge >= 0.3 is 0 Å². The highest BCUT2D eigenvalue weighted by molar-refractivity contribution is 6.29. The van der Waals surface area contributed by atoms with E-state index in [4.69, 9.17) is 11.6 Å². The Hall–Kier alpha value is -1.42.